The van der Waals surface area contributed by atoms with E-state index in [0.717, 1.165) is 93.8 Å². The van der Waals surface area contributed by atoms with Gasteiger partial charge in [-0.25, -0.2) is 0 Å². The van der Waals surface area contributed by atoms with Crippen molar-refractivity contribution >= 4 is 12.1 Å². The number of carbonyl (C=O) groups is 2. The first-order chi connectivity index (χ1) is 42.2. The van der Waals surface area contributed by atoms with E-state index in [1.165, 1.54) is 60.7 Å². The van der Waals surface area contributed by atoms with Gasteiger partial charge in [-0.15, -0.1) is 0 Å². The van der Waals surface area contributed by atoms with Gasteiger partial charge in [0.05, 0.1) is 36.3 Å². The predicted molar refractivity (Wildman–Crippen MR) is 335 cm³/mol. The van der Waals surface area contributed by atoms with E-state index in [9.17, 15) is 25.2 Å². The van der Waals surface area contributed by atoms with Crippen molar-refractivity contribution in [3.05, 3.63) is 93.4 Å². The van der Waals surface area contributed by atoms with Gasteiger partial charge >= 0.3 is 0 Å². The van der Waals surface area contributed by atoms with Crippen molar-refractivity contribution in [1.82, 2.24) is 5.32 Å². The van der Waals surface area contributed by atoms with E-state index in [0.29, 0.717) is 70.3 Å². The number of fused-ring (bicyclic) bond motifs is 5. The Morgan fingerprint density at radius 2 is 1.75 bits per heavy atom. The van der Waals surface area contributed by atoms with Crippen molar-refractivity contribution in [1.29, 1.82) is 0 Å². The second-order valence-corrected chi connectivity index (χ2v) is 34.2. The number of ketones is 1. The molecule has 2 saturated heterocycles. The summed E-state index contributed by atoms with van der Waals surface area (Å²) in [6.07, 6.45) is 30.1. The minimum atomic E-state index is -1.45. The van der Waals surface area contributed by atoms with Crippen LogP contribution in [0.2, 0.25) is 0 Å². The van der Waals surface area contributed by atoms with Crippen molar-refractivity contribution in [2.45, 2.75) is 223 Å². The fourth-order valence-corrected chi connectivity index (χ4v) is 27.6. The standard InChI is InChI=1S/C77H100N2O9/c1-45-24-33-87-75(36-45,66-65(88-66)69(4,85)67(2,43-81)27-20-46-23-32-79-60(78)34-46)59-35-51-16-17-53-62-61-49(37-68(59,3)77(51,62)86)15-14-48-11-6-5-10-47(48)12-9-13-58-71(31-30-70(41-71)25-7-8-26-70)42-73-29-22-52-57(83)39-76(58,73)74(61,63(52)64(53)84)38-56-55(73)19-18-54-50(40-80)21-28-72(54,56)44-82/h5-6,10-11,22-23,29,34,40,45,49-52,54,57-59,61,63,65-66,79,81-83,85-86H,7-8,12,14-21,24-28,30-33,35-39,41-44,78H2,1-4H3/t45-,49-,50-,51-,52+,54+,57+,58+,59+,61+,63+,65+,66+,67+,68-,69+,71-,72-,73-,74-,75-,76-,77-/m1/s1. The number of hydrogen-bond acceptors (Lipinski definition) is 11. The maximum atomic E-state index is 17.5. The highest BCUT2D eigenvalue weighted by Gasteiger charge is 2.89. The van der Waals surface area contributed by atoms with Crippen LogP contribution in [0.15, 0.2) is 82.3 Å². The summed E-state index contributed by atoms with van der Waals surface area (Å²) in [4.78, 5) is 30.8. The molecule has 18 rings (SSSR count). The molecule has 8 N–H and O–H groups in total. The summed E-state index contributed by atoms with van der Waals surface area (Å²) in [6.45, 7) is 9.53. The number of nitrogens with two attached hydrogens (primary N) is 1. The first kappa shape index (κ1) is 58.0. The van der Waals surface area contributed by atoms with Crippen LogP contribution in [-0.2, 0) is 31.9 Å². The van der Waals surface area contributed by atoms with Crippen LogP contribution in [-0.4, -0.2) is 99.1 Å². The number of hydrogen-bond donors (Lipinski definition) is 7. The highest BCUT2D eigenvalue weighted by atomic mass is 16.6. The average molecular weight is 1200 g/mol. The van der Waals surface area contributed by atoms with Crippen molar-refractivity contribution in [2.24, 2.45) is 108 Å². The van der Waals surface area contributed by atoms with E-state index in [1.54, 1.807) is 0 Å². The largest absolute Gasteiger partial charge is 0.396 e. The van der Waals surface area contributed by atoms with Gasteiger partial charge in [0.15, 0.2) is 5.78 Å². The van der Waals surface area contributed by atoms with Gasteiger partial charge in [0.1, 0.15) is 24.1 Å². The summed E-state index contributed by atoms with van der Waals surface area (Å²) in [5.74, 6) is 7.76. The smallest absolute Gasteiger partial charge is 0.163 e. The van der Waals surface area contributed by atoms with Crippen LogP contribution in [0.1, 0.15) is 187 Å². The first-order valence-electron chi connectivity index (χ1n) is 35.5. The van der Waals surface area contributed by atoms with E-state index in [4.69, 9.17) is 15.2 Å². The van der Waals surface area contributed by atoms with Crippen molar-refractivity contribution in [2.75, 3.05) is 26.4 Å². The van der Waals surface area contributed by atoms with Crippen LogP contribution in [0.4, 0.5) is 0 Å². The zero-order valence-electron chi connectivity index (χ0n) is 53.2. The normalized spacial score (nSPS) is 49.8. The van der Waals surface area contributed by atoms with Gasteiger partial charge in [-0.1, -0.05) is 99.1 Å². The third-order valence-corrected chi connectivity index (χ3v) is 31.3. The van der Waals surface area contributed by atoms with E-state index in [2.05, 4.69) is 73.5 Å². The third-order valence-electron chi connectivity index (χ3n) is 31.3. The second kappa shape index (κ2) is 19.2. The number of allylic oxidation sites excluding steroid dienone is 5. The Hall–Kier alpha value is -3.86. The summed E-state index contributed by atoms with van der Waals surface area (Å²) < 4.78 is 14.7. The minimum absolute atomic E-state index is 0.0104. The number of benzene rings is 1. The number of carbonyl (C=O) groups excluding carboxylic acids is 2. The number of nitrogens with one attached hydrogen (secondary N) is 1. The Labute approximate surface area is 522 Å². The SMILES string of the molecule is C[C@@H]1CCO[C@]([C@H]2C[C@H]3CCC4=C5[C@@H]6[C@H](CCc7ccccc7CC#C[C@H]7[C@@]8(CCC9(CCCC9)C8)C[C@]89C=C[C@@H]%10[C@@H](C4=O)[C@]6(CC4=C8CC[C@H]6[C@@H](C=O)CC[C@]46CO)[C@]79C[C@@H]%10O)C[C@@]2(C)[C@]53O)([C@H]2O[C@@H]2[C@](C)(O)[C@](C)(CO)CCC2=CCNC(N)=C2)C1. The Balaban J connectivity index is 0.882. The predicted octanol–water partition coefficient (Wildman–Crippen LogP) is 10.6. The van der Waals surface area contributed by atoms with Gasteiger partial charge in [0.2, 0.25) is 0 Å². The number of aryl methyl sites for hydroxylation is 1. The van der Waals surface area contributed by atoms with E-state index in [1.807, 2.05) is 19.9 Å². The highest BCUT2D eigenvalue weighted by molar-refractivity contribution is 6.01. The average Bonchev–Trinajstić information content (AvgIpc) is 1.33. The van der Waals surface area contributed by atoms with Crippen LogP contribution in [0.25, 0.3) is 0 Å². The van der Waals surface area contributed by atoms with Crippen molar-refractivity contribution in [3.8, 4) is 11.8 Å². The number of aliphatic hydroxyl groups is 5. The molecule has 3 heterocycles. The molecule has 4 bridgehead atoms. The number of dihydropyridines is 1. The Bertz CT molecular complexity index is 3390. The maximum Gasteiger partial charge on any atom is 0.163 e. The Morgan fingerprint density at radius 3 is 2.52 bits per heavy atom. The maximum absolute atomic E-state index is 17.5. The van der Waals surface area contributed by atoms with Gasteiger partial charge in [-0.05, 0) is 234 Å². The van der Waals surface area contributed by atoms with Gasteiger partial charge in [0, 0.05) is 70.3 Å². The summed E-state index contributed by atoms with van der Waals surface area (Å²) >= 11 is 0. The van der Waals surface area contributed by atoms with Gasteiger partial charge in [-0.3, -0.25) is 4.79 Å². The van der Waals surface area contributed by atoms with Crippen LogP contribution >= 0.6 is 0 Å². The number of aldehydes is 1. The molecule has 1 aromatic carbocycles. The molecular weight excluding hydrogens is 1100 g/mol. The number of ether oxygens (including phenoxy) is 2. The van der Waals surface area contributed by atoms with Crippen LogP contribution in [0.5, 0.6) is 0 Å². The lowest BCUT2D eigenvalue weighted by Crippen LogP contribution is -2.75. The molecule has 88 heavy (non-hydrogen) atoms. The van der Waals surface area contributed by atoms with Gasteiger partial charge in [0.25, 0.3) is 0 Å². The molecule has 11 heteroatoms. The van der Waals surface area contributed by atoms with Crippen LogP contribution in [0, 0.1) is 114 Å². The Kier molecular flexibility index (Phi) is 12.6. The monoisotopic (exact) mass is 1200 g/mol. The molecule has 11 nitrogen and oxygen atoms in total. The summed E-state index contributed by atoms with van der Waals surface area (Å²) in [7, 11) is 0. The lowest BCUT2D eigenvalue weighted by molar-refractivity contribution is -0.246. The quantitative estimate of drug-likeness (QED) is 0.0510. The van der Waals surface area contributed by atoms with E-state index in [-0.39, 0.29) is 77.2 Å². The molecule has 0 radical (unpaired) electrons. The molecule has 472 valence electrons. The molecule has 23 atom stereocenters. The fraction of sp³-hybridized carbons (Fsp3) is 0.740. The summed E-state index contributed by atoms with van der Waals surface area (Å²) in [5.41, 5.74) is 6.68. The van der Waals surface area contributed by atoms with E-state index >= 15 is 9.90 Å². The molecule has 0 aromatic heterocycles. The topological polar surface area (TPSA) is 195 Å². The van der Waals surface area contributed by atoms with Crippen molar-refractivity contribution < 1.29 is 44.6 Å². The zero-order valence-corrected chi connectivity index (χ0v) is 53.2. The Morgan fingerprint density at radius 1 is 0.932 bits per heavy atom. The number of rotatable bonds is 10. The molecular formula is C77H100N2O9. The third kappa shape index (κ3) is 6.94. The van der Waals surface area contributed by atoms with Crippen LogP contribution in [0.3, 0.4) is 0 Å². The second-order valence-electron chi connectivity index (χ2n) is 34.2. The molecule has 14 aliphatic carbocycles. The number of epoxide rings is 1. The molecule has 17 aliphatic rings. The lowest BCUT2D eigenvalue weighted by atomic mass is 9.27. The summed E-state index contributed by atoms with van der Waals surface area (Å²) in [5, 5.41) is 69.5. The van der Waals surface area contributed by atoms with E-state index < -0.39 is 79.4 Å². The molecule has 0 unspecified atom stereocenters. The molecule has 7 saturated carbocycles. The molecule has 9 fully saturated rings. The van der Waals surface area contributed by atoms with Gasteiger partial charge in [-0.2, -0.15) is 0 Å². The fourth-order valence-electron chi connectivity index (χ4n) is 27.6. The summed E-state index contributed by atoms with van der Waals surface area (Å²) in [6, 6.07) is 9.02. The van der Waals surface area contributed by atoms with Gasteiger partial charge < -0.3 is 50.9 Å². The minimum Gasteiger partial charge on any atom is -0.396 e. The lowest BCUT2D eigenvalue weighted by Gasteiger charge is -2.76. The molecule has 4 spiro atoms. The molecule has 1 aromatic rings. The molecule has 3 aliphatic heterocycles. The van der Waals surface area contributed by atoms with Crippen molar-refractivity contribution in [3.63, 3.8) is 0 Å². The first-order valence-corrected chi connectivity index (χ1v) is 35.5. The van der Waals surface area contributed by atoms with Crippen LogP contribution < -0.4 is 11.1 Å². The zero-order chi connectivity index (χ0) is 60.6. The number of Topliss-reactive ketones (excluding diaryl/α,β-unsaturated/α-hetero) is 1. The highest BCUT2D eigenvalue weighted by Crippen LogP contribution is 2.91. The number of aliphatic hydroxyl groups excluding tert-OH is 3. The molecule has 0 amide bonds.